The lowest BCUT2D eigenvalue weighted by molar-refractivity contribution is -0.385. The summed E-state index contributed by atoms with van der Waals surface area (Å²) in [5.74, 6) is 0.170. The maximum atomic E-state index is 12.9. The summed E-state index contributed by atoms with van der Waals surface area (Å²) in [7, 11) is 0. The van der Waals surface area contributed by atoms with Gasteiger partial charge in [-0.3, -0.25) is 14.9 Å². The van der Waals surface area contributed by atoms with Gasteiger partial charge in [0.1, 0.15) is 11.8 Å². The van der Waals surface area contributed by atoms with Crippen molar-refractivity contribution in [1.29, 1.82) is 0 Å². The molecule has 0 aromatic heterocycles. The number of hydrogen-bond acceptors (Lipinski definition) is 5. The first-order valence-corrected chi connectivity index (χ1v) is 9.91. The van der Waals surface area contributed by atoms with E-state index in [1.807, 2.05) is 24.3 Å². The van der Waals surface area contributed by atoms with Crippen LogP contribution in [-0.2, 0) is 9.53 Å². The maximum absolute atomic E-state index is 12.9. The lowest BCUT2D eigenvalue weighted by atomic mass is 9.90. The smallest absolute Gasteiger partial charge is 0.273 e. The molecule has 2 aromatic carbocycles. The Hall–Kier alpha value is -2.45. The summed E-state index contributed by atoms with van der Waals surface area (Å²) < 4.78 is 12.5. The molecule has 146 valence electrons. The quantitative estimate of drug-likeness (QED) is 0.382. The van der Waals surface area contributed by atoms with Crippen molar-refractivity contribution in [2.45, 2.75) is 31.1 Å². The minimum Gasteiger partial charge on any atom is -0.478 e. The third-order valence-corrected chi connectivity index (χ3v) is 5.81. The number of nitrogens with zero attached hydrogens (tertiary/aromatic N) is 2. The van der Waals surface area contributed by atoms with E-state index in [4.69, 9.17) is 9.47 Å². The Labute approximate surface area is 170 Å². The molecule has 2 aliphatic rings. The first kappa shape index (κ1) is 18.9. The SMILES string of the molecule is O=C1[C@H](Oc2cccc([N+](=O)[O-])c2)[C@H](c2ccccc2Br)N1C[C@H]1CCCO1. The average Bonchev–Trinajstić information content (AvgIpc) is 3.21. The Morgan fingerprint density at radius 3 is 2.79 bits per heavy atom. The summed E-state index contributed by atoms with van der Waals surface area (Å²) in [6.07, 6.45) is 1.23. The molecule has 2 heterocycles. The number of likely N-dealkylation sites (tertiary alicyclic amines) is 1. The van der Waals surface area contributed by atoms with Gasteiger partial charge in [0, 0.05) is 23.7 Å². The van der Waals surface area contributed by atoms with E-state index in [1.54, 1.807) is 17.0 Å². The van der Waals surface area contributed by atoms with Gasteiger partial charge in [0.2, 0.25) is 6.10 Å². The number of nitro groups is 1. The molecular formula is C20H19BrN2O5. The second-order valence-corrected chi connectivity index (χ2v) is 7.74. The summed E-state index contributed by atoms with van der Waals surface area (Å²) in [6.45, 7) is 1.24. The fraction of sp³-hybridized carbons (Fsp3) is 0.350. The molecule has 28 heavy (non-hydrogen) atoms. The highest BCUT2D eigenvalue weighted by molar-refractivity contribution is 9.10. The molecule has 2 aliphatic heterocycles. The number of halogens is 1. The maximum Gasteiger partial charge on any atom is 0.273 e. The normalized spacial score (nSPS) is 24.1. The van der Waals surface area contributed by atoms with Crippen LogP contribution in [0.1, 0.15) is 24.4 Å². The molecule has 3 atom stereocenters. The van der Waals surface area contributed by atoms with Crippen molar-refractivity contribution >= 4 is 27.5 Å². The van der Waals surface area contributed by atoms with Crippen molar-refractivity contribution in [2.75, 3.05) is 13.2 Å². The largest absolute Gasteiger partial charge is 0.478 e. The van der Waals surface area contributed by atoms with Gasteiger partial charge < -0.3 is 14.4 Å². The van der Waals surface area contributed by atoms with Gasteiger partial charge in [-0.15, -0.1) is 0 Å². The summed E-state index contributed by atoms with van der Waals surface area (Å²) in [4.78, 5) is 25.2. The Balaban J connectivity index is 1.60. The van der Waals surface area contributed by atoms with Gasteiger partial charge in [0.15, 0.2) is 0 Å². The lowest BCUT2D eigenvalue weighted by Crippen LogP contribution is -2.62. The number of carbonyl (C=O) groups excluding carboxylic acids is 1. The Bertz CT molecular complexity index is 900. The number of hydrogen-bond donors (Lipinski definition) is 0. The van der Waals surface area contributed by atoms with E-state index >= 15 is 0 Å². The molecule has 0 bridgehead atoms. The number of benzene rings is 2. The molecule has 8 heteroatoms. The van der Waals surface area contributed by atoms with Crippen LogP contribution in [-0.4, -0.2) is 41.1 Å². The van der Waals surface area contributed by atoms with Gasteiger partial charge in [-0.05, 0) is 30.5 Å². The van der Waals surface area contributed by atoms with Crippen LogP contribution in [0.15, 0.2) is 53.0 Å². The first-order valence-electron chi connectivity index (χ1n) is 9.12. The van der Waals surface area contributed by atoms with Crippen LogP contribution in [0.25, 0.3) is 0 Å². The monoisotopic (exact) mass is 446 g/mol. The van der Waals surface area contributed by atoms with Crippen molar-refractivity contribution in [3.05, 3.63) is 68.7 Å². The number of ether oxygens (including phenoxy) is 2. The van der Waals surface area contributed by atoms with Crippen molar-refractivity contribution < 1.29 is 19.2 Å². The van der Waals surface area contributed by atoms with Crippen molar-refractivity contribution in [1.82, 2.24) is 4.90 Å². The van der Waals surface area contributed by atoms with Crippen LogP contribution in [0.5, 0.6) is 5.75 Å². The standard InChI is InChI=1S/C20H19BrN2O5/c21-17-9-2-1-8-16(17)18-19(20(24)22(18)12-15-7-4-10-27-15)28-14-6-3-5-13(11-14)23(25)26/h1-3,5-6,8-9,11,15,18-19H,4,7,10,12H2/t15-,18+,19-/m1/s1. The molecule has 0 spiro atoms. The molecule has 2 fully saturated rings. The zero-order chi connectivity index (χ0) is 19.7. The predicted molar refractivity (Wildman–Crippen MR) is 105 cm³/mol. The average molecular weight is 447 g/mol. The molecule has 0 aliphatic carbocycles. The van der Waals surface area contributed by atoms with Crippen LogP contribution in [0.4, 0.5) is 5.69 Å². The minimum atomic E-state index is -0.734. The lowest BCUT2D eigenvalue weighted by Gasteiger charge is -2.47. The second-order valence-electron chi connectivity index (χ2n) is 6.88. The number of nitro benzene ring substituents is 1. The Kier molecular flexibility index (Phi) is 5.32. The zero-order valence-corrected chi connectivity index (χ0v) is 16.6. The van der Waals surface area contributed by atoms with Gasteiger partial charge in [-0.1, -0.05) is 40.2 Å². The van der Waals surface area contributed by atoms with Crippen LogP contribution in [0.3, 0.4) is 0 Å². The highest BCUT2D eigenvalue weighted by Crippen LogP contribution is 2.41. The predicted octanol–water partition coefficient (Wildman–Crippen LogP) is 3.87. The van der Waals surface area contributed by atoms with Gasteiger partial charge >= 0.3 is 0 Å². The van der Waals surface area contributed by atoms with Crippen molar-refractivity contribution in [2.24, 2.45) is 0 Å². The van der Waals surface area contributed by atoms with E-state index in [1.165, 1.54) is 12.1 Å². The first-order chi connectivity index (χ1) is 13.5. The van der Waals surface area contributed by atoms with E-state index in [9.17, 15) is 14.9 Å². The minimum absolute atomic E-state index is 0.0349. The molecule has 4 rings (SSSR count). The summed E-state index contributed by atoms with van der Waals surface area (Å²) in [6, 6.07) is 13.3. The molecule has 0 saturated carbocycles. The fourth-order valence-electron chi connectivity index (χ4n) is 3.71. The van der Waals surface area contributed by atoms with Crippen LogP contribution < -0.4 is 4.74 Å². The van der Waals surface area contributed by atoms with Crippen molar-refractivity contribution in [3.8, 4) is 5.75 Å². The molecular weight excluding hydrogens is 428 g/mol. The fourth-order valence-corrected chi connectivity index (χ4v) is 4.23. The second kappa shape index (κ2) is 7.89. The molecule has 0 unspecified atom stereocenters. The highest BCUT2D eigenvalue weighted by Gasteiger charge is 2.51. The zero-order valence-electron chi connectivity index (χ0n) is 15.0. The molecule has 0 radical (unpaired) electrons. The third kappa shape index (κ3) is 3.62. The van der Waals surface area contributed by atoms with E-state index < -0.39 is 11.0 Å². The van der Waals surface area contributed by atoms with Gasteiger partial charge in [0.25, 0.3) is 11.6 Å². The molecule has 0 N–H and O–H groups in total. The summed E-state index contributed by atoms with van der Waals surface area (Å²) >= 11 is 3.56. The summed E-state index contributed by atoms with van der Waals surface area (Å²) in [5.41, 5.74) is 0.869. The van der Waals surface area contributed by atoms with Gasteiger partial charge in [0.05, 0.1) is 17.1 Å². The number of carbonyl (C=O) groups is 1. The number of non-ortho nitro benzene ring substituents is 1. The van der Waals surface area contributed by atoms with Gasteiger partial charge in [-0.2, -0.15) is 0 Å². The highest BCUT2D eigenvalue weighted by atomic mass is 79.9. The number of rotatable bonds is 6. The Morgan fingerprint density at radius 1 is 1.25 bits per heavy atom. The van der Waals surface area contributed by atoms with Crippen LogP contribution in [0.2, 0.25) is 0 Å². The third-order valence-electron chi connectivity index (χ3n) is 5.09. The van der Waals surface area contributed by atoms with E-state index in [0.29, 0.717) is 12.3 Å². The topological polar surface area (TPSA) is 81.9 Å². The molecule has 2 saturated heterocycles. The summed E-state index contributed by atoms with van der Waals surface area (Å²) in [5, 5.41) is 11.0. The van der Waals surface area contributed by atoms with E-state index in [-0.39, 0.29) is 23.7 Å². The van der Waals surface area contributed by atoms with Crippen molar-refractivity contribution in [3.63, 3.8) is 0 Å². The van der Waals surface area contributed by atoms with E-state index in [0.717, 1.165) is 29.5 Å². The molecule has 1 amide bonds. The van der Waals surface area contributed by atoms with Crippen LogP contribution >= 0.6 is 15.9 Å². The van der Waals surface area contributed by atoms with Crippen LogP contribution in [0, 0.1) is 10.1 Å². The molecule has 2 aromatic rings. The number of amides is 1. The van der Waals surface area contributed by atoms with Gasteiger partial charge in [-0.25, -0.2) is 0 Å². The Morgan fingerprint density at radius 2 is 2.07 bits per heavy atom. The number of β-lactam (4-membered cyclic amide) rings is 1. The van der Waals surface area contributed by atoms with E-state index in [2.05, 4.69) is 15.9 Å². The molecule has 7 nitrogen and oxygen atoms in total.